The Bertz CT molecular complexity index is 736. The average Bonchev–Trinajstić information content (AvgIpc) is 2.83. The van der Waals surface area contributed by atoms with Crippen LogP contribution in [0, 0.1) is 5.82 Å². The third-order valence-corrected chi connectivity index (χ3v) is 5.72. The number of hydrogen-bond donors (Lipinski definition) is 0. The standard InChI is InChI=1S/C12H14FN3O2S2/c1-20(17,18)16-7-5-15(6-8-16)12-14-11-9(13)3-2-4-10(11)19-12/h2-4H,5-8H2,1H3. The van der Waals surface area contributed by atoms with E-state index in [-0.39, 0.29) is 5.82 Å². The maximum Gasteiger partial charge on any atom is 0.211 e. The van der Waals surface area contributed by atoms with Crippen molar-refractivity contribution < 1.29 is 12.8 Å². The Balaban J connectivity index is 1.82. The van der Waals surface area contributed by atoms with Gasteiger partial charge in [-0.05, 0) is 12.1 Å². The van der Waals surface area contributed by atoms with E-state index in [2.05, 4.69) is 4.98 Å². The van der Waals surface area contributed by atoms with Crippen LogP contribution in [0.2, 0.25) is 0 Å². The largest absolute Gasteiger partial charge is 0.345 e. The van der Waals surface area contributed by atoms with Crippen LogP contribution in [0.3, 0.4) is 0 Å². The maximum atomic E-state index is 13.6. The molecule has 3 rings (SSSR count). The summed E-state index contributed by atoms with van der Waals surface area (Å²) >= 11 is 1.43. The van der Waals surface area contributed by atoms with Crippen molar-refractivity contribution in [3.05, 3.63) is 24.0 Å². The minimum absolute atomic E-state index is 0.320. The lowest BCUT2D eigenvalue weighted by Crippen LogP contribution is -2.48. The maximum absolute atomic E-state index is 13.6. The van der Waals surface area contributed by atoms with Crippen LogP contribution in [0.1, 0.15) is 0 Å². The van der Waals surface area contributed by atoms with Gasteiger partial charge in [-0.2, -0.15) is 4.31 Å². The molecule has 1 fully saturated rings. The van der Waals surface area contributed by atoms with Gasteiger partial charge in [0.15, 0.2) is 5.13 Å². The molecule has 1 aromatic heterocycles. The molecule has 1 aliphatic heterocycles. The topological polar surface area (TPSA) is 53.5 Å². The first kappa shape index (κ1) is 13.7. The summed E-state index contributed by atoms with van der Waals surface area (Å²) in [7, 11) is -3.13. The highest BCUT2D eigenvalue weighted by atomic mass is 32.2. The molecule has 108 valence electrons. The number of benzene rings is 1. The number of piperazine rings is 1. The van der Waals surface area contributed by atoms with E-state index in [9.17, 15) is 12.8 Å². The monoisotopic (exact) mass is 315 g/mol. The van der Waals surface area contributed by atoms with Gasteiger partial charge in [0.2, 0.25) is 10.0 Å². The van der Waals surface area contributed by atoms with Crippen LogP contribution >= 0.6 is 11.3 Å². The van der Waals surface area contributed by atoms with Gasteiger partial charge in [0.1, 0.15) is 11.3 Å². The second-order valence-electron chi connectivity index (χ2n) is 4.73. The summed E-state index contributed by atoms with van der Waals surface area (Å²) in [6.07, 6.45) is 1.22. The first-order valence-electron chi connectivity index (χ1n) is 6.20. The summed E-state index contributed by atoms with van der Waals surface area (Å²) in [4.78, 5) is 6.33. The van der Waals surface area contributed by atoms with Crippen LogP contribution in [0.4, 0.5) is 9.52 Å². The molecule has 0 bridgehead atoms. The minimum atomic E-state index is -3.13. The van der Waals surface area contributed by atoms with E-state index in [0.717, 1.165) is 9.83 Å². The van der Waals surface area contributed by atoms with Crippen molar-refractivity contribution in [3.63, 3.8) is 0 Å². The molecule has 0 N–H and O–H groups in total. The van der Waals surface area contributed by atoms with Crippen LogP contribution in [0.25, 0.3) is 10.2 Å². The molecular formula is C12H14FN3O2S2. The minimum Gasteiger partial charge on any atom is -0.345 e. The van der Waals surface area contributed by atoms with E-state index in [1.165, 1.54) is 28.0 Å². The fourth-order valence-electron chi connectivity index (χ4n) is 2.25. The average molecular weight is 315 g/mol. The highest BCUT2D eigenvalue weighted by molar-refractivity contribution is 7.88. The molecule has 2 heterocycles. The second-order valence-corrected chi connectivity index (χ2v) is 7.72. The molecule has 0 atom stereocenters. The molecule has 0 spiro atoms. The Morgan fingerprint density at radius 1 is 1.25 bits per heavy atom. The van der Waals surface area contributed by atoms with Crippen molar-refractivity contribution in [1.82, 2.24) is 9.29 Å². The van der Waals surface area contributed by atoms with Gasteiger partial charge in [0, 0.05) is 26.2 Å². The summed E-state index contributed by atoms with van der Waals surface area (Å²) in [5.74, 6) is -0.320. The van der Waals surface area contributed by atoms with Gasteiger partial charge in [-0.25, -0.2) is 17.8 Å². The summed E-state index contributed by atoms with van der Waals surface area (Å²) < 4.78 is 38.8. The van der Waals surface area contributed by atoms with Crippen LogP contribution in [-0.4, -0.2) is 50.1 Å². The van der Waals surface area contributed by atoms with Crippen molar-refractivity contribution in [2.45, 2.75) is 0 Å². The fraction of sp³-hybridized carbons (Fsp3) is 0.417. The number of aromatic nitrogens is 1. The number of rotatable bonds is 2. The zero-order valence-electron chi connectivity index (χ0n) is 10.9. The summed E-state index contributed by atoms with van der Waals surface area (Å²) in [5, 5.41) is 0.748. The molecule has 0 unspecified atom stereocenters. The van der Waals surface area contributed by atoms with Crippen LogP contribution in [0.15, 0.2) is 18.2 Å². The predicted octanol–water partition coefficient (Wildman–Crippen LogP) is 1.52. The fourth-order valence-corrected chi connectivity index (χ4v) is 4.11. The van der Waals surface area contributed by atoms with E-state index >= 15 is 0 Å². The van der Waals surface area contributed by atoms with Gasteiger partial charge in [0.25, 0.3) is 0 Å². The number of sulfonamides is 1. The van der Waals surface area contributed by atoms with E-state index in [0.29, 0.717) is 31.7 Å². The molecule has 1 aromatic carbocycles. The van der Waals surface area contributed by atoms with E-state index < -0.39 is 10.0 Å². The lowest BCUT2D eigenvalue weighted by atomic mass is 10.3. The molecule has 0 aliphatic carbocycles. The third-order valence-electron chi connectivity index (χ3n) is 3.34. The highest BCUT2D eigenvalue weighted by Gasteiger charge is 2.25. The molecule has 20 heavy (non-hydrogen) atoms. The Hall–Kier alpha value is -1.25. The Morgan fingerprint density at radius 2 is 1.95 bits per heavy atom. The van der Waals surface area contributed by atoms with Gasteiger partial charge < -0.3 is 4.90 Å². The highest BCUT2D eigenvalue weighted by Crippen LogP contribution is 2.30. The van der Waals surface area contributed by atoms with Crippen molar-refractivity contribution in [2.24, 2.45) is 0 Å². The predicted molar refractivity (Wildman–Crippen MR) is 78.2 cm³/mol. The van der Waals surface area contributed by atoms with Gasteiger partial charge >= 0.3 is 0 Å². The Kier molecular flexibility index (Phi) is 3.39. The molecule has 8 heteroatoms. The van der Waals surface area contributed by atoms with E-state index in [1.807, 2.05) is 11.0 Å². The van der Waals surface area contributed by atoms with Gasteiger partial charge in [-0.3, -0.25) is 0 Å². The molecule has 1 aliphatic rings. The number of anilines is 1. The van der Waals surface area contributed by atoms with Crippen molar-refractivity contribution in [1.29, 1.82) is 0 Å². The van der Waals surface area contributed by atoms with Crippen LogP contribution in [-0.2, 0) is 10.0 Å². The zero-order valence-corrected chi connectivity index (χ0v) is 12.5. The quantitative estimate of drug-likeness (QED) is 0.843. The van der Waals surface area contributed by atoms with E-state index in [1.54, 1.807) is 6.07 Å². The molecule has 0 radical (unpaired) electrons. The normalized spacial score (nSPS) is 17.8. The smallest absolute Gasteiger partial charge is 0.211 e. The van der Waals surface area contributed by atoms with Crippen molar-refractivity contribution in [2.75, 3.05) is 37.3 Å². The molecular weight excluding hydrogens is 301 g/mol. The van der Waals surface area contributed by atoms with Gasteiger partial charge in [-0.1, -0.05) is 17.4 Å². The van der Waals surface area contributed by atoms with Crippen molar-refractivity contribution >= 4 is 36.7 Å². The number of thiazole rings is 1. The second kappa shape index (κ2) is 4.94. The zero-order chi connectivity index (χ0) is 14.3. The van der Waals surface area contributed by atoms with Crippen LogP contribution < -0.4 is 4.90 Å². The third kappa shape index (κ3) is 2.50. The molecule has 0 amide bonds. The SMILES string of the molecule is CS(=O)(=O)N1CCN(c2nc3c(F)cccc3s2)CC1. The number of fused-ring (bicyclic) bond motifs is 1. The lowest BCUT2D eigenvalue weighted by molar-refractivity contribution is 0.388. The summed E-state index contributed by atoms with van der Waals surface area (Å²) in [5.41, 5.74) is 0.387. The first-order chi connectivity index (χ1) is 9.45. The number of halogens is 1. The Labute approximate surface area is 120 Å². The summed E-state index contributed by atoms with van der Waals surface area (Å²) in [6, 6.07) is 4.90. The number of nitrogens with zero attached hydrogens (tertiary/aromatic N) is 3. The van der Waals surface area contributed by atoms with Gasteiger partial charge in [-0.15, -0.1) is 0 Å². The summed E-state index contributed by atoms with van der Waals surface area (Å²) in [6.45, 7) is 2.04. The molecule has 2 aromatic rings. The molecule has 5 nitrogen and oxygen atoms in total. The lowest BCUT2D eigenvalue weighted by Gasteiger charge is -2.32. The van der Waals surface area contributed by atoms with Gasteiger partial charge in [0.05, 0.1) is 11.0 Å². The number of hydrogen-bond acceptors (Lipinski definition) is 5. The molecule has 1 saturated heterocycles. The Morgan fingerprint density at radius 3 is 2.55 bits per heavy atom. The van der Waals surface area contributed by atoms with Crippen molar-refractivity contribution in [3.8, 4) is 0 Å². The molecule has 0 saturated carbocycles. The van der Waals surface area contributed by atoms with Crippen LogP contribution in [0.5, 0.6) is 0 Å². The first-order valence-corrected chi connectivity index (χ1v) is 8.87. The number of para-hydroxylation sites is 1. The van der Waals surface area contributed by atoms with E-state index in [4.69, 9.17) is 0 Å².